The maximum atomic E-state index is 10.6. The molecule has 0 rings (SSSR count). The summed E-state index contributed by atoms with van der Waals surface area (Å²) in [5.74, 6) is -0.183. The van der Waals surface area contributed by atoms with Crippen LogP contribution in [0.3, 0.4) is 0 Å². The Hall–Kier alpha value is -0.570. The third-order valence-corrected chi connectivity index (χ3v) is 2.08. The highest BCUT2D eigenvalue weighted by atomic mass is 16.5. The normalized spacial score (nSPS) is 12.5. The largest absolute Gasteiger partial charge is 0.463 e. The number of rotatable bonds is 8. The highest BCUT2D eigenvalue weighted by Crippen LogP contribution is 2.08. The summed E-state index contributed by atoms with van der Waals surface area (Å²) in [6.45, 7) is 4.24. The van der Waals surface area contributed by atoms with Crippen molar-refractivity contribution in [3.05, 3.63) is 0 Å². The zero-order valence-electron chi connectivity index (χ0n) is 9.54. The lowest BCUT2D eigenvalue weighted by molar-refractivity contribution is -0.145. The standard InChI is InChI=1S/C11H22O3/c1-10(14-11(2)12)8-6-4-5-7-9-13-3/h10H,4-9H2,1-3H3. The first kappa shape index (κ1) is 13.4. The molecule has 3 nitrogen and oxygen atoms in total. The second kappa shape index (κ2) is 9.00. The first-order valence-corrected chi connectivity index (χ1v) is 5.33. The van der Waals surface area contributed by atoms with Crippen LogP contribution in [0, 0.1) is 0 Å². The van der Waals surface area contributed by atoms with Gasteiger partial charge in [0.15, 0.2) is 0 Å². The number of ether oxygens (including phenoxy) is 2. The number of carbonyl (C=O) groups excluding carboxylic acids is 1. The second-order valence-electron chi connectivity index (χ2n) is 3.62. The van der Waals surface area contributed by atoms with E-state index in [9.17, 15) is 4.79 Å². The van der Waals surface area contributed by atoms with Gasteiger partial charge < -0.3 is 9.47 Å². The third kappa shape index (κ3) is 9.52. The lowest BCUT2D eigenvalue weighted by atomic mass is 10.1. The maximum Gasteiger partial charge on any atom is 0.302 e. The highest BCUT2D eigenvalue weighted by Gasteiger charge is 2.03. The summed E-state index contributed by atoms with van der Waals surface area (Å²) in [6.07, 6.45) is 5.66. The molecule has 1 unspecified atom stereocenters. The lowest BCUT2D eigenvalue weighted by Crippen LogP contribution is -2.11. The van der Waals surface area contributed by atoms with Crippen LogP contribution in [-0.4, -0.2) is 25.8 Å². The van der Waals surface area contributed by atoms with Crippen LogP contribution < -0.4 is 0 Å². The molecule has 1 atom stereocenters. The quantitative estimate of drug-likeness (QED) is 0.448. The summed E-state index contributed by atoms with van der Waals surface area (Å²) in [5, 5.41) is 0. The van der Waals surface area contributed by atoms with Gasteiger partial charge in [-0.1, -0.05) is 12.8 Å². The van der Waals surface area contributed by atoms with E-state index in [4.69, 9.17) is 9.47 Å². The molecule has 0 spiro atoms. The van der Waals surface area contributed by atoms with Crippen LogP contribution in [0.2, 0.25) is 0 Å². The van der Waals surface area contributed by atoms with Crippen molar-refractivity contribution in [1.82, 2.24) is 0 Å². The minimum atomic E-state index is -0.183. The Morgan fingerprint density at radius 1 is 1.21 bits per heavy atom. The molecule has 3 heteroatoms. The van der Waals surface area contributed by atoms with E-state index in [1.54, 1.807) is 7.11 Å². The lowest BCUT2D eigenvalue weighted by Gasteiger charge is -2.10. The molecule has 0 aromatic carbocycles. The number of hydrogen-bond donors (Lipinski definition) is 0. The molecule has 0 N–H and O–H groups in total. The Kier molecular flexibility index (Phi) is 8.64. The topological polar surface area (TPSA) is 35.5 Å². The number of unbranched alkanes of at least 4 members (excludes halogenated alkanes) is 3. The number of esters is 1. The third-order valence-electron chi connectivity index (χ3n) is 2.08. The van der Waals surface area contributed by atoms with Gasteiger partial charge in [0.1, 0.15) is 0 Å². The second-order valence-corrected chi connectivity index (χ2v) is 3.62. The summed E-state index contributed by atoms with van der Waals surface area (Å²) in [5.41, 5.74) is 0. The maximum absolute atomic E-state index is 10.6. The zero-order chi connectivity index (χ0) is 10.8. The van der Waals surface area contributed by atoms with Crippen LogP contribution in [0.25, 0.3) is 0 Å². The zero-order valence-corrected chi connectivity index (χ0v) is 9.54. The van der Waals surface area contributed by atoms with E-state index >= 15 is 0 Å². The van der Waals surface area contributed by atoms with Crippen molar-refractivity contribution in [2.75, 3.05) is 13.7 Å². The van der Waals surface area contributed by atoms with Gasteiger partial charge in [-0.3, -0.25) is 4.79 Å². The summed E-state index contributed by atoms with van der Waals surface area (Å²) in [4.78, 5) is 10.6. The van der Waals surface area contributed by atoms with E-state index in [1.165, 1.54) is 19.8 Å². The fraction of sp³-hybridized carbons (Fsp3) is 0.909. The number of hydrogen-bond acceptors (Lipinski definition) is 3. The summed E-state index contributed by atoms with van der Waals surface area (Å²) < 4.78 is 9.97. The molecule has 0 saturated heterocycles. The fourth-order valence-corrected chi connectivity index (χ4v) is 1.37. The number of methoxy groups -OCH3 is 1. The molecule has 14 heavy (non-hydrogen) atoms. The van der Waals surface area contributed by atoms with Gasteiger partial charge in [0.2, 0.25) is 0 Å². The molecule has 0 saturated carbocycles. The van der Waals surface area contributed by atoms with Crippen LogP contribution in [0.15, 0.2) is 0 Å². The molecule has 0 aliphatic heterocycles. The minimum absolute atomic E-state index is 0.0647. The van der Waals surface area contributed by atoms with Gasteiger partial charge in [0, 0.05) is 20.6 Å². The van der Waals surface area contributed by atoms with Gasteiger partial charge in [-0.2, -0.15) is 0 Å². The predicted molar refractivity (Wildman–Crippen MR) is 56.2 cm³/mol. The van der Waals surface area contributed by atoms with Crippen LogP contribution >= 0.6 is 0 Å². The van der Waals surface area contributed by atoms with Crippen LogP contribution in [0.4, 0.5) is 0 Å². The minimum Gasteiger partial charge on any atom is -0.463 e. The van der Waals surface area contributed by atoms with Crippen molar-refractivity contribution in [1.29, 1.82) is 0 Å². The van der Waals surface area contributed by atoms with Crippen molar-refractivity contribution >= 4 is 5.97 Å². The molecular weight excluding hydrogens is 180 g/mol. The molecule has 0 amide bonds. The molecule has 84 valence electrons. The predicted octanol–water partition coefficient (Wildman–Crippen LogP) is 2.53. The molecule has 0 fully saturated rings. The van der Waals surface area contributed by atoms with Gasteiger partial charge in [0.05, 0.1) is 6.10 Å². The van der Waals surface area contributed by atoms with Gasteiger partial charge in [-0.05, 0) is 26.2 Å². The molecular formula is C11H22O3. The van der Waals surface area contributed by atoms with Gasteiger partial charge in [0.25, 0.3) is 0 Å². The average Bonchev–Trinajstić information content (AvgIpc) is 2.10. The van der Waals surface area contributed by atoms with Gasteiger partial charge in [-0.25, -0.2) is 0 Å². The SMILES string of the molecule is COCCCCCCC(C)OC(C)=O. The van der Waals surface area contributed by atoms with E-state index in [0.717, 1.165) is 25.9 Å². The molecule has 0 aromatic heterocycles. The Labute approximate surface area is 86.8 Å². The van der Waals surface area contributed by atoms with Crippen molar-refractivity contribution in [2.45, 2.75) is 52.1 Å². The molecule has 0 bridgehead atoms. The fourth-order valence-electron chi connectivity index (χ4n) is 1.37. The smallest absolute Gasteiger partial charge is 0.302 e. The Morgan fingerprint density at radius 3 is 2.43 bits per heavy atom. The first-order valence-electron chi connectivity index (χ1n) is 5.33. The Morgan fingerprint density at radius 2 is 1.86 bits per heavy atom. The van der Waals surface area contributed by atoms with Crippen LogP contribution in [0.5, 0.6) is 0 Å². The highest BCUT2D eigenvalue weighted by molar-refractivity contribution is 5.66. The van der Waals surface area contributed by atoms with Gasteiger partial charge >= 0.3 is 5.97 Å². The van der Waals surface area contributed by atoms with E-state index < -0.39 is 0 Å². The molecule has 0 aliphatic carbocycles. The van der Waals surface area contributed by atoms with E-state index in [2.05, 4.69) is 0 Å². The first-order chi connectivity index (χ1) is 6.66. The molecule has 0 aromatic rings. The Balaban J connectivity index is 3.14. The Bertz CT molecular complexity index is 145. The van der Waals surface area contributed by atoms with E-state index in [0.29, 0.717) is 0 Å². The van der Waals surface area contributed by atoms with Crippen LogP contribution in [-0.2, 0) is 14.3 Å². The summed E-state index contributed by atoms with van der Waals surface area (Å²) in [7, 11) is 1.72. The van der Waals surface area contributed by atoms with Crippen molar-refractivity contribution in [2.24, 2.45) is 0 Å². The molecule has 0 heterocycles. The van der Waals surface area contributed by atoms with Crippen molar-refractivity contribution in [3.8, 4) is 0 Å². The van der Waals surface area contributed by atoms with E-state index in [1.807, 2.05) is 6.92 Å². The summed E-state index contributed by atoms with van der Waals surface area (Å²) in [6, 6.07) is 0. The van der Waals surface area contributed by atoms with Crippen molar-refractivity contribution < 1.29 is 14.3 Å². The van der Waals surface area contributed by atoms with Gasteiger partial charge in [-0.15, -0.1) is 0 Å². The molecule has 0 radical (unpaired) electrons. The average molecular weight is 202 g/mol. The van der Waals surface area contributed by atoms with Crippen LogP contribution in [0.1, 0.15) is 46.0 Å². The number of carbonyl (C=O) groups is 1. The monoisotopic (exact) mass is 202 g/mol. The summed E-state index contributed by atoms with van der Waals surface area (Å²) >= 11 is 0. The van der Waals surface area contributed by atoms with E-state index in [-0.39, 0.29) is 12.1 Å². The molecule has 0 aliphatic rings. The van der Waals surface area contributed by atoms with Crippen molar-refractivity contribution in [3.63, 3.8) is 0 Å².